The van der Waals surface area contributed by atoms with Gasteiger partial charge in [-0.2, -0.15) is 26.3 Å². The molecule has 42 heavy (non-hydrogen) atoms. The van der Waals surface area contributed by atoms with Gasteiger partial charge in [0, 0.05) is 37.1 Å². The van der Waals surface area contributed by atoms with Crippen molar-refractivity contribution in [2.75, 3.05) is 13.1 Å². The molecule has 3 aromatic carbocycles. The van der Waals surface area contributed by atoms with E-state index >= 15 is 0 Å². The van der Waals surface area contributed by atoms with Gasteiger partial charge in [0.15, 0.2) is 0 Å². The molecule has 1 unspecified atom stereocenters. The summed E-state index contributed by atoms with van der Waals surface area (Å²) in [7, 11) is 0. The molecule has 2 heterocycles. The SMILES string of the molecule is O=C(c1cc(C(F)(F)F)cc(C(F)(F)F)c1)N1CCC2(CC1)NC(Cc1ccccc1)C(=O)N2Cc1ccccc1F. The van der Waals surface area contributed by atoms with Crippen molar-refractivity contribution in [2.24, 2.45) is 0 Å². The van der Waals surface area contributed by atoms with Gasteiger partial charge in [0.1, 0.15) is 5.82 Å². The quantitative estimate of drug-likeness (QED) is 0.368. The highest BCUT2D eigenvalue weighted by Crippen LogP contribution is 2.38. The van der Waals surface area contributed by atoms with Crippen LogP contribution in [0.3, 0.4) is 0 Å². The Morgan fingerprint density at radius 3 is 2.00 bits per heavy atom. The van der Waals surface area contributed by atoms with Crippen LogP contribution in [0.4, 0.5) is 30.7 Å². The van der Waals surface area contributed by atoms with E-state index in [4.69, 9.17) is 0 Å². The summed E-state index contributed by atoms with van der Waals surface area (Å²) in [5, 5.41) is 3.37. The van der Waals surface area contributed by atoms with Crippen LogP contribution in [0.15, 0.2) is 72.8 Å². The van der Waals surface area contributed by atoms with E-state index in [9.17, 15) is 40.3 Å². The van der Waals surface area contributed by atoms with Gasteiger partial charge in [-0.05, 0) is 36.2 Å². The molecule has 0 aliphatic carbocycles. The Hall–Kier alpha value is -3.93. The van der Waals surface area contributed by atoms with Gasteiger partial charge >= 0.3 is 12.4 Å². The number of nitrogens with zero attached hydrogens (tertiary/aromatic N) is 2. The molecule has 0 bridgehead atoms. The standard InChI is InChI=1S/C30H26F7N3O2/c31-24-9-5-4-8-20(24)18-40-27(42)25(14-19-6-2-1-3-7-19)38-28(40)10-12-39(13-11-28)26(41)21-15-22(29(32,33)34)17-23(16-21)30(35,36)37/h1-9,15-17,25,38H,10-14,18H2. The second kappa shape index (κ2) is 11.0. The molecule has 1 atom stereocenters. The lowest BCUT2D eigenvalue weighted by Crippen LogP contribution is -2.59. The molecule has 2 saturated heterocycles. The van der Waals surface area contributed by atoms with Gasteiger partial charge in [0.2, 0.25) is 5.91 Å². The largest absolute Gasteiger partial charge is 0.416 e. The smallest absolute Gasteiger partial charge is 0.338 e. The minimum Gasteiger partial charge on any atom is -0.338 e. The summed E-state index contributed by atoms with van der Waals surface area (Å²) in [6.07, 6.45) is -9.55. The zero-order chi connectivity index (χ0) is 30.3. The summed E-state index contributed by atoms with van der Waals surface area (Å²) in [6.45, 7) is -0.161. The van der Waals surface area contributed by atoms with Gasteiger partial charge in [-0.15, -0.1) is 0 Å². The van der Waals surface area contributed by atoms with Crippen LogP contribution in [-0.2, 0) is 30.1 Å². The fourth-order valence-electron chi connectivity index (χ4n) is 5.63. The number of carbonyl (C=O) groups excluding carboxylic acids is 2. The normalized spacial score (nSPS) is 19.0. The van der Waals surface area contributed by atoms with Gasteiger partial charge in [-0.25, -0.2) is 4.39 Å². The zero-order valence-electron chi connectivity index (χ0n) is 22.1. The van der Waals surface area contributed by atoms with E-state index in [0.717, 1.165) is 5.56 Å². The van der Waals surface area contributed by atoms with Crippen LogP contribution >= 0.6 is 0 Å². The molecule has 222 valence electrons. The third-order valence-electron chi connectivity index (χ3n) is 7.81. The Kier molecular flexibility index (Phi) is 7.78. The molecular weight excluding hydrogens is 567 g/mol. The molecule has 3 aromatic rings. The van der Waals surface area contributed by atoms with Crippen LogP contribution in [0.25, 0.3) is 0 Å². The van der Waals surface area contributed by atoms with E-state index in [0.29, 0.717) is 18.6 Å². The number of amides is 2. The van der Waals surface area contributed by atoms with E-state index in [2.05, 4.69) is 5.32 Å². The van der Waals surface area contributed by atoms with Crippen LogP contribution in [0.2, 0.25) is 0 Å². The van der Waals surface area contributed by atoms with Crippen LogP contribution in [-0.4, -0.2) is 46.4 Å². The average Bonchev–Trinajstić information content (AvgIpc) is 3.18. The number of likely N-dealkylation sites (tertiary alicyclic amines) is 1. The summed E-state index contributed by atoms with van der Waals surface area (Å²) < 4.78 is 94.7. The number of hydrogen-bond donors (Lipinski definition) is 1. The van der Waals surface area contributed by atoms with E-state index < -0.39 is 52.5 Å². The van der Waals surface area contributed by atoms with Crippen molar-refractivity contribution in [1.82, 2.24) is 15.1 Å². The van der Waals surface area contributed by atoms with E-state index in [1.54, 1.807) is 12.1 Å². The number of nitrogens with one attached hydrogen (secondary N) is 1. The first-order valence-electron chi connectivity index (χ1n) is 13.2. The molecule has 2 aliphatic heterocycles. The maximum atomic E-state index is 14.6. The molecule has 2 fully saturated rings. The Morgan fingerprint density at radius 1 is 0.857 bits per heavy atom. The summed E-state index contributed by atoms with van der Waals surface area (Å²) >= 11 is 0. The molecule has 2 aliphatic rings. The van der Waals surface area contributed by atoms with Gasteiger partial charge in [0.05, 0.1) is 29.4 Å². The van der Waals surface area contributed by atoms with Crippen LogP contribution in [0, 0.1) is 5.82 Å². The molecular formula is C30H26F7N3O2. The zero-order valence-corrected chi connectivity index (χ0v) is 22.1. The van der Waals surface area contributed by atoms with Crippen LogP contribution in [0.1, 0.15) is 45.5 Å². The van der Waals surface area contributed by atoms with Gasteiger partial charge in [-0.3, -0.25) is 14.9 Å². The molecule has 5 nitrogen and oxygen atoms in total. The third-order valence-corrected chi connectivity index (χ3v) is 7.81. The van der Waals surface area contributed by atoms with Crippen molar-refractivity contribution in [2.45, 2.75) is 49.9 Å². The van der Waals surface area contributed by atoms with Gasteiger partial charge < -0.3 is 9.80 Å². The molecule has 1 spiro atoms. The number of rotatable bonds is 5. The number of hydrogen-bond acceptors (Lipinski definition) is 3. The molecule has 1 N–H and O–H groups in total. The van der Waals surface area contributed by atoms with Crippen LogP contribution in [0.5, 0.6) is 0 Å². The average molecular weight is 594 g/mol. The number of piperidine rings is 1. The van der Waals surface area contributed by atoms with Gasteiger partial charge in [0.25, 0.3) is 5.91 Å². The van der Waals surface area contributed by atoms with E-state index in [1.165, 1.54) is 21.9 Å². The molecule has 0 radical (unpaired) electrons. The first-order valence-corrected chi connectivity index (χ1v) is 13.2. The molecule has 0 saturated carbocycles. The van der Waals surface area contributed by atoms with Crippen LogP contribution < -0.4 is 5.32 Å². The summed E-state index contributed by atoms with van der Waals surface area (Å²) in [5.41, 5.74) is -3.69. The Bertz CT molecular complexity index is 1430. The highest BCUT2D eigenvalue weighted by molar-refractivity contribution is 5.95. The van der Waals surface area contributed by atoms with E-state index in [1.807, 2.05) is 30.3 Å². The van der Waals surface area contributed by atoms with E-state index in [-0.39, 0.29) is 50.0 Å². The first-order chi connectivity index (χ1) is 19.8. The lowest BCUT2D eigenvalue weighted by atomic mass is 9.94. The lowest BCUT2D eigenvalue weighted by Gasteiger charge is -2.44. The number of alkyl halides is 6. The predicted octanol–water partition coefficient (Wildman–Crippen LogP) is 6.04. The molecule has 12 heteroatoms. The van der Waals surface area contributed by atoms with Crippen molar-refractivity contribution >= 4 is 11.8 Å². The van der Waals surface area contributed by atoms with Crippen molar-refractivity contribution in [3.8, 4) is 0 Å². The van der Waals surface area contributed by atoms with Gasteiger partial charge in [-0.1, -0.05) is 48.5 Å². The Balaban J connectivity index is 1.40. The fraction of sp³-hybridized carbons (Fsp3) is 0.333. The monoisotopic (exact) mass is 593 g/mol. The van der Waals surface area contributed by atoms with Crippen molar-refractivity contribution in [3.05, 3.63) is 106 Å². The summed E-state index contributed by atoms with van der Waals surface area (Å²) in [4.78, 5) is 29.5. The predicted molar refractivity (Wildman–Crippen MR) is 138 cm³/mol. The Morgan fingerprint density at radius 2 is 1.43 bits per heavy atom. The topological polar surface area (TPSA) is 52.7 Å². The summed E-state index contributed by atoms with van der Waals surface area (Å²) in [5.74, 6) is -1.74. The van der Waals surface area contributed by atoms with Crippen molar-refractivity contribution in [3.63, 3.8) is 0 Å². The molecule has 2 amide bonds. The lowest BCUT2D eigenvalue weighted by molar-refractivity contribution is -0.143. The number of benzene rings is 3. The Labute approximate surface area is 236 Å². The molecule has 0 aromatic heterocycles. The summed E-state index contributed by atoms with van der Waals surface area (Å²) in [6, 6.07) is 15.4. The number of halogens is 7. The first kappa shape index (κ1) is 29.6. The number of carbonyl (C=O) groups is 2. The maximum Gasteiger partial charge on any atom is 0.416 e. The maximum absolute atomic E-state index is 14.6. The highest BCUT2D eigenvalue weighted by Gasteiger charge is 2.52. The van der Waals surface area contributed by atoms with Crippen molar-refractivity contribution in [1.29, 1.82) is 0 Å². The highest BCUT2D eigenvalue weighted by atomic mass is 19.4. The minimum atomic E-state index is -5.09. The minimum absolute atomic E-state index is 0.0243. The molecule has 5 rings (SSSR count). The third kappa shape index (κ3) is 5.99. The fourth-order valence-corrected chi connectivity index (χ4v) is 5.63. The second-order valence-corrected chi connectivity index (χ2v) is 10.5. The second-order valence-electron chi connectivity index (χ2n) is 10.5. The van der Waals surface area contributed by atoms with Crippen molar-refractivity contribution < 1.29 is 40.3 Å².